The fourth-order valence-electron chi connectivity index (χ4n) is 3.17. The van der Waals surface area contributed by atoms with Crippen LogP contribution >= 0.6 is 0 Å². The molecule has 1 saturated heterocycles. The number of ether oxygens (including phenoxy) is 1. The minimum atomic E-state index is -0.112. The van der Waals surface area contributed by atoms with Crippen LogP contribution in [-0.2, 0) is 6.42 Å². The molecule has 2 aliphatic rings. The number of hydrogen-bond acceptors (Lipinski definition) is 3. The lowest BCUT2D eigenvalue weighted by atomic mass is 9.99. The second kappa shape index (κ2) is 5.88. The van der Waals surface area contributed by atoms with Crippen LogP contribution in [-0.4, -0.2) is 36.7 Å². The largest absolute Gasteiger partial charge is 0.484 e. The van der Waals surface area contributed by atoms with E-state index in [1.54, 1.807) is 0 Å². The predicted molar refractivity (Wildman–Crippen MR) is 88.2 cm³/mol. The molecule has 3 nitrogen and oxygen atoms in total. The summed E-state index contributed by atoms with van der Waals surface area (Å²) in [6.45, 7) is 11.2. The van der Waals surface area contributed by atoms with Gasteiger partial charge < -0.3 is 15.0 Å². The molecule has 116 valence electrons. The maximum absolute atomic E-state index is 6.01. The maximum Gasteiger partial charge on any atom is 0.143 e. The van der Waals surface area contributed by atoms with Crippen molar-refractivity contribution >= 4 is 5.69 Å². The number of hydrogen-bond donors (Lipinski definition) is 1. The molecule has 1 aromatic carbocycles. The van der Waals surface area contributed by atoms with Crippen molar-refractivity contribution < 1.29 is 4.74 Å². The van der Waals surface area contributed by atoms with Crippen molar-refractivity contribution in [3.8, 4) is 5.75 Å². The summed E-state index contributed by atoms with van der Waals surface area (Å²) in [6.07, 6.45) is 3.84. The summed E-state index contributed by atoms with van der Waals surface area (Å²) >= 11 is 0. The summed E-state index contributed by atoms with van der Waals surface area (Å²) in [6, 6.07) is 6.60. The average Bonchev–Trinajstić information content (AvgIpc) is 2.46. The Morgan fingerprint density at radius 3 is 2.81 bits per heavy atom. The predicted octanol–water partition coefficient (Wildman–Crippen LogP) is 3.54. The number of piperidine rings is 1. The van der Waals surface area contributed by atoms with Crippen LogP contribution in [0.1, 0.15) is 39.2 Å². The van der Waals surface area contributed by atoms with Crippen LogP contribution in [0.2, 0.25) is 0 Å². The van der Waals surface area contributed by atoms with Crippen LogP contribution in [0.15, 0.2) is 18.2 Å². The number of anilines is 1. The van der Waals surface area contributed by atoms with E-state index in [1.807, 2.05) is 0 Å². The molecule has 0 unspecified atom stereocenters. The number of nitrogens with one attached hydrogen (secondary N) is 1. The molecule has 3 heteroatoms. The quantitative estimate of drug-likeness (QED) is 0.920. The van der Waals surface area contributed by atoms with Crippen LogP contribution in [0.25, 0.3) is 0 Å². The molecule has 0 spiro atoms. The van der Waals surface area contributed by atoms with Crippen molar-refractivity contribution in [2.24, 2.45) is 5.92 Å². The lowest BCUT2D eigenvalue weighted by molar-refractivity contribution is 0.116. The van der Waals surface area contributed by atoms with Gasteiger partial charge in [0.05, 0.1) is 12.2 Å². The Hall–Kier alpha value is -1.22. The van der Waals surface area contributed by atoms with Crippen molar-refractivity contribution in [2.45, 2.75) is 45.6 Å². The zero-order chi connectivity index (χ0) is 14.9. The highest BCUT2D eigenvalue weighted by Crippen LogP contribution is 2.33. The van der Waals surface area contributed by atoms with E-state index < -0.39 is 0 Å². The first-order chi connectivity index (χ1) is 10.0. The molecule has 0 saturated carbocycles. The third-order valence-electron chi connectivity index (χ3n) is 4.73. The van der Waals surface area contributed by atoms with Crippen LogP contribution in [0, 0.1) is 5.92 Å². The van der Waals surface area contributed by atoms with Crippen molar-refractivity contribution in [2.75, 3.05) is 31.5 Å². The van der Waals surface area contributed by atoms with E-state index >= 15 is 0 Å². The fourth-order valence-corrected chi connectivity index (χ4v) is 3.17. The number of fused-ring (bicyclic) bond motifs is 1. The van der Waals surface area contributed by atoms with E-state index in [9.17, 15) is 0 Å². The standard InChI is InChI=1S/C18H28N2O/c1-14-6-9-20(10-7-14)11-8-15-4-5-17-16(12-15)19-13-18(2,3)21-17/h4-5,12,14,19H,6-11,13H2,1-3H3. The van der Waals surface area contributed by atoms with Crippen molar-refractivity contribution in [3.63, 3.8) is 0 Å². The van der Waals surface area contributed by atoms with Crippen LogP contribution < -0.4 is 10.1 Å². The summed E-state index contributed by atoms with van der Waals surface area (Å²) in [5.41, 5.74) is 2.45. The Kier molecular flexibility index (Phi) is 4.12. The van der Waals surface area contributed by atoms with Gasteiger partial charge in [0, 0.05) is 6.54 Å². The first kappa shape index (κ1) is 14.7. The summed E-state index contributed by atoms with van der Waals surface area (Å²) in [5, 5.41) is 3.50. The van der Waals surface area contributed by atoms with E-state index in [4.69, 9.17) is 4.74 Å². The highest BCUT2D eigenvalue weighted by molar-refractivity contribution is 5.60. The third-order valence-corrected chi connectivity index (χ3v) is 4.73. The van der Waals surface area contributed by atoms with Gasteiger partial charge in [-0.25, -0.2) is 0 Å². The molecule has 1 aromatic rings. The smallest absolute Gasteiger partial charge is 0.143 e. The normalized spacial score (nSPS) is 22.2. The molecule has 21 heavy (non-hydrogen) atoms. The lowest BCUT2D eigenvalue weighted by Crippen LogP contribution is -2.40. The van der Waals surface area contributed by atoms with Gasteiger partial charge in [0.2, 0.25) is 0 Å². The molecular weight excluding hydrogens is 260 g/mol. The summed E-state index contributed by atoms with van der Waals surface area (Å²) in [4.78, 5) is 2.60. The molecule has 0 atom stereocenters. The van der Waals surface area contributed by atoms with Gasteiger partial charge in [0.15, 0.2) is 0 Å². The van der Waals surface area contributed by atoms with Gasteiger partial charge in [-0.05, 0) is 69.8 Å². The minimum Gasteiger partial charge on any atom is -0.484 e. The van der Waals surface area contributed by atoms with E-state index in [0.717, 1.165) is 30.3 Å². The monoisotopic (exact) mass is 288 g/mol. The molecule has 0 aliphatic carbocycles. The molecule has 2 heterocycles. The van der Waals surface area contributed by atoms with Crippen molar-refractivity contribution in [1.29, 1.82) is 0 Å². The van der Waals surface area contributed by atoms with Gasteiger partial charge >= 0.3 is 0 Å². The molecule has 3 rings (SSSR count). The van der Waals surface area contributed by atoms with Crippen LogP contribution in [0.5, 0.6) is 5.75 Å². The molecule has 1 N–H and O–H groups in total. The highest BCUT2D eigenvalue weighted by Gasteiger charge is 2.26. The van der Waals surface area contributed by atoms with E-state index in [-0.39, 0.29) is 5.60 Å². The molecule has 0 bridgehead atoms. The van der Waals surface area contributed by atoms with E-state index in [2.05, 4.69) is 49.2 Å². The lowest BCUT2D eigenvalue weighted by Gasteiger charge is -2.34. The molecule has 0 aromatic heterocycles. The van der Waals surface area contributed by atoms with E-state index in [1.165, 1.54) is 38.0 Å². The Balaban J connectivity index is 1.57. The molecule has 1 fully saturated rings. The average molecular weight is 288 g/mol. The minimum absolute atomic E-state index is 0.112. The second-order valence-corrected chi connectivity index (χ2v) is 7.32. The Labute approximate surface area is 128 Å². The SMILES string of the molecule is CC1CCN(CCc2ccc3c(c2)NCC(C)(C)O3)CC1. The Bertz CT molecular complexity index is 490. The van der Waals surface area contributed by atoms with Crippen LogP contribution in [0.4, 0.5) is 5.69 Å². The number of likely N-dealkylation sites (tertiary alicyclic amines) is 1. The maximum atomic E-state index is 6.01. The third kappa shape index (κ3) is 3.70. The summed E-state index contributed by atoms with van der Waals surface area (Å²) in [7, 11) is 0. The zero-order valence-electron chi connectivity index (χ0n) is 13.6. The first-order valence-corrected chi connectivity index (χ1v) is 8.30. The molecule has 2 aliphatic heterocycles. The van der Waals surface area contributed by atoms with Crippen LogP contribution in [0.3, 0.4) is 0 Å². The highest BCUT2D eigenvalue weighted by atomic mass is 16.5. The number of benzene rings is 1. The molecule has 0 amide bonds. The van der Waals surface area contributed by atoms with Gasteiger partial charge in [0.25, 0.3) is 0 Å². The summed E-state index contributed by atoms with van der Waals surface area (Å²) < 4.78 is 6.01. The van der Waals surface area contributed by atoms with Gasteiger partial charge in [-0.3, -0.25) is 0 Å². The van der Waals surface area contributed by atoms with Gasteiger partial charge in [-0.2, -0.15) is 0 Å². The van der Waals surface area contributed by atoms with Gasteiger partial charge in [0.1, 0.15) is 11.4 Å². The Morgan fingerprint density at radius 2 is 2.05 bits per heavy atom. The van der Waals surface area contributed by atoms with Crippen molar-refractivity contribution in [1.82, 2.24) is 4.90 Å². The number of nitrogens with zero attached hydrogens (tertiary/aromatic N) is 1. The topological polar surface area (TPSA) is 24.5 Å². The fraction of sp³-hybridized carbons (Fsp3) is 0.667. The zero-order valence-corrected chi connectivity index (χ0v) is 13.6. The molecular formula is C18H28N2O. The Morgan fingerprint density at radius 1 is 1.29 bits per heavy atom. The van der Waals surface area contributed by atoms with Gasteiger partial charge in [-0.1, -0.05) is 13.0 Å². The first-order valence-electron chi connectivity index (χ1n) is 8.30. The van der Waals surface area contributed by atoms with Crippen molar-refractivity contribution in [3.05, 3.63) is 23.8 Å². The second-order valence-electron chi connectivity index (χ2n) is 7.32. The van der Waals surface area contributed by atoms with E-state index in [0.29, 0.717) is 0 Å². The molecule has 0 radical (unpaired) electrons. The number of rotatable bonds is 3. The van der Waals surface area contributed by atoms with Gasteiger partial charge in [-0.15, -0.1) is 0 Å². The summed E-state index contributed by atoms with van der Waals surface area (Å²) in [5.74, 6) is 1.90.